The summed E-state index contributed by atoms with van der Waals surface area (Å²) >= 11 is 5.46. The van der Waals surface area contributed by atoms with Crippen LogP contribution in [0.3, 0.4) is 0 Å². The molecule has 2 N–H and O–H groups in total. The van der Waals surface area contributed by atoms with Crippen molar-refractivity contribution >= 4 is 30.0 Å². The zero-order chi connectivity index (χ0) is 15.5. The Labute approximate surface area is 129 Å². The number of nitrogens with two attached hydrogens (primary N) is 1. The molecule has 1 atom stereocenters. The fourth-order valence-corrected chi connectivity index (χ4v) is 1.84. The summed E-state index contributed by atoms with van der Waals surface area (Å²) in [5, 5.41) is -0.493. The lowest BCUT2D eigenvalue weighted by molar-refractivity contribution is -0.144. The van der Waals surface area contributed by atoms with Gasteiger partial charge in [0.05, 0.1) is 23.6 Å². The summed E-state index contributed by atoms with van der Waals surface area (Å²) in [6.45, 7) is 1.58. The smallest absolute Gasteiger partial charge is 0.416 e. The standard InChI is InChI=1S/C12H12ClF4NO2.ClH/c1-2-20-9(19)5-8(18)10-6(12(15,16)17)3-4-7(13)11(10)14;/h3-4,8H,2,5,18H2,1H3;1H/t8-;/m0./s1. The molecule has 0 fully saturated rings. The number of benzene rings is 1. The second kappa shape index (κ2) is 7.82. The zero-order valence-corrected chi connectivity index (χ0v) is 12.4. The number of halogens is 6. The number of alkyl halides is 3. The maximum atomic E-state index is 13.8. The molecule has 3 nitrogen and oxygen atoms in total. The lowest BCUT2D eigenvalue weighted by Gasteiger charge is -2.19. The van der Waals surface area contributed by atoms with E-state index in [0.29, 0.717) is 6.07 Å². The van der Waals surface area contributed by atoms with Crippen LogP contribution in [0.1, 0.15) is 30.5 Å². The van der Waals surface area contributed by atoms with Crippen molar-refractivity contribution in [1.82, 2.24) is 0 Å². The van der Waals surface area contributed by atoms with E-state index in [0.717, 1.165) is 6.07 Å². The molecule has 0 aliphatic carbocycles. The topological polar surface area (TPSA) is 52.3 Å². The second-order valence-corrected chi connectivity index (χ2v) is 4.34. The van der Waals surface area contributed by atoms with Crippen molar-refractivity contribution in [3.63, 3.8) is 0 Å². The number of carbonyl (C=O) groups is 1. The number of esters is 1. The Balaban J connectivity index is 0.00000400. The zero-order valence-electron chi connectivity index (χ0n) is 10.8. The summed E-state index contributed by atoms with van der Waals surface area (Å²) in [5.74, 6) is -2.09. The molecule has 0 aliphatic heterocycles. The van der Waals surface area contributed by atoms with Crippen molar-refractivity contribution < 1.29 is 27.1 Å². The average molecular weight is 350 g/mol. The largest absolute Gasteiger partial charge is 0.466 e. The first-order valence-corrected chi connectivity index (χ1v) is 6.02. The van der Waals surface area contributed by atoms with Gasteiger partial charge in [-0.2, -0.15) is 13.2 Å². The number of hydrogen-bond acceptors (Lipinski definition) is 3. The van der Waals surface area contributed by atoms with Gasteiger partial charge in [0.2, 0.25) is 0 Å². The number of ether oxygens (including phenoxy) is 1. The van der Waals surface area contributed by atoms with E-state index in [4.69, 9.17) is 17.3 Å². The van der Waals surface area contributed by atoms with Crippen LogP contribution in [0, 0.1) is 5.82 Å². The number of hydrogen-bond donors (Lipinski definition) is 1. The lowest BCUT2D eigenvalue weighted by Crippen LogP contribution is -2.23. The summed E-state index contributed by atoms with van der Waals surface area (Å²) < 4.78 is 56.9. The molecule has 1 aromatic carbocycles. The molecule has 0 saturated heterocycles. The van der Waals surface area contributed by atoms with E-state index in [2.05, 4.69) is 4.74 Å². The monoisotopic (exact) mass is 349 g/mol. The molecule has 0 unspecified atom stereocenters. The van der Waals surface area contributed by atoms with Crippen molar-refractivity contribution in [1.29, 1.82) is 0 Å². The minimum Gasteiger partial charge on any atom is -0.466 e. The van der Waals surface area contributed by atoms with Gasteiger partial charge in [-0.05, 0) is 19.1 Å². The predicted molar refractivity (Wildman–Crippen MR) is 71.8 cm³/mol. The molecular weight excluding hydrogens is 337 g/mol. The first-order chi connectivity index (χ1) is 9.18. The van der Waals surface area contributed by atoms with Gasteiger partial charge in [0.15, 0.2) is 0 Å². The van der Waals surface area contributed by atoms with Gasteiger partial charge < -0.3 is 10.5 Å². The molecule has 0 heterocycles. The maximum absolute atomic E-state index is 13.8. The van der Waals surface area contributed by atoms with Crippen molar-refractivity contribution in [3.05, 3.63) is 34.1 Å². The fraction of sp³-hybridized carbons (Fsp3) is 0.417. The Bertz CT molecular complexity index is 509. The molecule has 120 valence electrons. The predicted octanol–water partition coefficient (Wildman–Crippen LogP) is 3.87. The van der Waals surface area contributed by atoms with Crippen LogP contribution in [0.25, 0.3) is 0 Å². The van der Waals surface area contributed by atoms with E-state index >= 15 is 0 Å². The third kappa shape index (κ3) is 5.01. The van der Waals surface area contributed by atoms with E-state index in [9.17, 15) is 22.4 Å². The van der Waals surface area contributed by atoms with Gasteiger partial charge in [-0.1, -0.05) is 11.6 Å². The van der Waals surface area contributed by atoms with Crippen molar-refractivity contribution in [3.8, 4) is 0 Å². The van der Waals surface area contributed by atoms with Gasteiger partial charge >= 0.3 is 12.1 Å². The molecule has 0 saturated carbocycles. The van der Waals surface area contributed by atoms with E-state index in [1.807, 2.05) is 0 Å². The molecule has 0 amide bonds. The highest BCUT2D eigenvalue weighted by Crippen LogP contribution is 2.38. The summed E-state index contributed by atoms with van der Waals surface area (Å²) in [7, 11) is 0. The van der Waals surface area contributed by atoms with Crippen LogP contribution in [-0.2, 0) is 15.7 Å². The Morgan fingerprint density at radius 3 is 2.48 bits per heavy atom. The average Bonchev–Trinajstić information content (AvgIpc) is 2.30. The molecule has 0 aromatic heterocycles. The molecule has 0 bridgehead atoms. The van der Waals surface area contributed by atoms with Gasteiger partial charge in [-0.3, -0.25) is 4.79 Å². The van der Waals surface area contributed by atoms with E-state index in [-0.39, 0.29) is 19.0 Å². The number of rotatable bonds is 4. The molecule has 21 heavy (non-hydrogen) atoms. The Kier molecular flexibility index (Phi) is 7.43. The van der Waals surface area contributed by atoms with Crippen molar-refractivity contribution in [2.45, 2.75) is 25.6 Å². The van der Waals surface area contributed by atoms with Gasteiger partial charge in [0, 0.05) is 11.6 Å². The first kappa shape index (κ1) is 19.9. The van der Waals surface area contributed by atoms with Gasteiger partial charge in [0.1, 0.15) is 5.82 Å². The number of carbonyl (C=O) groups excluding carboxylic acids is 1. The van der Waals surface area contributed by atoms with Crippen LogP contribution in [0.5, 0.6) is 0 Å². The maximum Gasteiger partial charge on any atom is 0.416 e. The lowest BCUT2D eigenvalue weighted by atomic mass is 9.97. The third-order valence-electron chi connectivity index (χ3n) is 2.50. The summed E-state index contributed by atoms with van der Waals surface area (Å²) in [5.41, 5.74) is 3.41. The second-order valence-electron chi connectivity index (χ2n) is 3.94. The highest BCUT2D eigenvalue weighted by molar-refractivity contribution is 6.30. The molecule has 0 spiro atoms. The third-order valence-corrected chi connectivity index (χ3v) is 2.79. The molecule has 0 aliphatic rings. The summed E-state index contributed by atoms with van der Waals surface area (Å²) in [4.78, 5) is 11.2. The van der Waals surface area contributed by atoms with E-state index in [1.54, 1.807) is 0 Å². The van der Waals surface area contributed by atoms with Crippen LogP contribution < -0.4 is 5.73 Å². The van der Waals surface area contributed by atoms with Gasteiger partial charge in [0.25, 0.3) is 0 Å². The first-order valence-electron chi connectivity index (χ1n) is 5.64. The highest BCUT2D eigenvalue weighted by Gasteiger charge is 2.37. The minimum absolute atomic E-state index is 0. The van der Waals surface area contributed by atoms with Crippen LogP contribution >= 0.6 is 24.0 Å². The quantitative estimate of drug-likeness (QED) is 0.663. The van der Waals surface area contributed by atoms with Gasteiger partial charge in [-0.25, -0.2) is 4.39 Å². The SMILES string of the molecule is CCOC(=O)C[C@H](N)c1c(C(F)(F)F)ccc(Cl)c1F.Cl. The molecule has 1 rings (SSSR count). The van der Waals surface area contributed by atoms with Crippen LogP contribution in [0.2, 0.25) is 5.02 Å². The van der Waals surface area contributed by atoms with Gasteiger partial charge in [-0.15, -0.1) is 12.4 Å². The van der Waals surface area contributed by atoms with Crippen molar-refractivity contribution in [2.75, 3.05) is 6.61 Å². The van der Waals surface area contributed by atoms with Crippen LogP contribution in [-0.4, -0.2) is 12.6 Å². The Morgan fingerprint density at radius 1 is 1.43 bits per heavy atom. The molecular formula is C12H13Cl2F4NO2. The van der Waals surface area contributed by atoms with Crippen LogP contribution in [0.15, 0.2) is 12.1 Å². The Morgan fingerprint density at radius 2 is 2.00 bits per heavy atom. The molecule has 9 heteroatoms. The normalized spacial score (nSPS) is 12.5. The summed E-state index contributed by atoms with van der Waals surface area (Å²) in [6.07, 6.45) is -5.37. The Hall–Kier alpha value is -1.05. The molecule has 1 aromatic rings. The van der Waals surface area contributed by atoms with Crippen LogP contribution in [0.4, 0.5) is 17.6 Å². The fourth-order valence-electron chi connectivity index (χ4n) is 1.68. The summed E-state index contributed by atoms with van der Waals surface area (Å²) in [6, 6.07) is -0.0733. The van der Waals surface area contributed by atoms with E-state index in [1.165, 1.54) is 6.92 Å². The highest BCUT2D eigenvalue weighted by atomic mass is 35.5. The van der Waals surface area contributed by atoms with E-state index < -0.39 is 46.6 Å². The molecule has 0 radical (unpaired) electrons. The van der Waals surface area contributed by atoms with Crippen molar-refractivity contribution in [2.24, 2.45) is 5.73 Å². The minimum atomic E-state index is -4.80.